The number of sulfonamides is 1. The first kappa shape index (κ1) is 11.5. The van der Waals surface area contributed by atoms with Crippen LogP contribution in [0.25, 0.3) is 10.9 Å². The Hall–Kier alpha value is -1.99. The van der Waals surface area contributed by atoms with Crippen LogP contribution in [0.1, 0.15) is 10.4 Å². The first-order chi connectivity index (χ1) is 7.91. The fourth-order valence-corrected chi connectivity index (χ4v) is 2.29. The van der Waals surface area contributed by atoms with Crippen molar-refractivity contribution in [1.29, 1.82) is 0 Å². The summed E-state index contributed by atoms with van der Waals surface area (Å²) in [5.41, 5.74) is 5.54. The van der Waals surface area contributed by atoms with Crippen molar-refractivity contribution in [2.45, 2.75) is 4.90 Å². The normalized spacial score (nSPS) is 11.6. The van der Waals surface area contributed by atoms with Crippen molar-refractivity contribution in [3.8, 4) is 0 Å². The molecule has 6 nitrogen and oxygen atoms in total. The minimum absolute atomic E-state index is 0.127. The van der Waals surface area contributed by atoms with Gasteiger partial charge in [-0.15, -0.1) is 0 Å². The molecule has 0 atom stereocenters. The predicted octanol–water partition coefficient (Wildman–Crippen LogP) is -0.0189. The summed E-state index contributed by atoms with van der Waals surface area (Å²) in [5.74, 6) is -0.854. The Bertz CT molecular complexity index is 710. The summed E-state index contributed by atoms with van der Waals surface area (Å²) in [6, 6.07) is 6.59. The Morgan fingerprint density at radius 2 is 1.88 bits per heavy atom. The number of carbonyl (C=O) groups excluding carboxylic acids is 1. The Morgan fingerprint density at radius 1 is 1.24 bits per heavy atom. The fraction of sp³-hybridized carbons (Fsp3) is 0. The lowest BCUT2D eigenvalue weighted by atomic mass is 10.1. The lowest BCUT2D eigenvalue weighted by molar-refractivity contribution is 0.0998. The summed E-state index contributed by atoms with van der Waals surface area (Å²) >= 11 is 0. The van der Waals surface area contributed by atoms with Crippen molar-refractivity contribution >= 4 is 26.8 Å². The van der Waals surface area contributed by atoms with Gasteiger partial charge in [0.2, 0.25) is 10.0 Å². The number of primary amides is 1. The van der Waals surface area contributed by atoms with E-state index < -0.39 is 15.9 Å². The third-order valence-electron chi connectivity index (χ3n) is 2.29. The molecule has 17 heavy (non-hydrogen) atoms. The van der Waals surface area contributed by atoms with E-state index in [2.05, 4.69) is 4.98 Å². The molecule has 0 fully saturated rings. The molecular formula is C10H9N3O3S. The molecule has 0 aliphatic heterocycles. The molecule has 4 N–H and O–H groups in total. The molecule has 7 heteroatoms. The van der Waals surface area contributed by atoms with Gasteiger partial charge in [0, 0.05) is 11.6 Å². The van der Waals surface area contributed by atoms with Gasteiger partial charge in [0.1, 0.15) is 4.90 Å². The monoisotopic (exact) mass is 251 g/mol. The van der Waals surface area contributed by atoms with Crippen LogP contribution in [0.15, 0.2) is 35.4 Å². The topological polar surface area (TPSA) is 116 Å². The molecule has 2 rings (SSSR count). The average molecular weight is 251 g/mol. The highest BCUT2D eigenvalue weighted by Gasteiger charge is 2.20. The van der Waals surface area contributed by atoms with Crippen LogP contribution in [-0.2, 0) is 10.0 Å². The SMILES string of the molecule is NC(=O)c1c(S(N)(=O)=O)cnc2ccccc12. The van der Waals surface area contributed by atoms with Gasteiger partial charge in [-0.3, -0.25) is 9.78 Å². The van der Waals surface area contributed by atoms with E-state index in [1.807, 2.05) is 0 Å². The number of carbonyl (C=O) groups is 1. The highest BCUT2D eigenvalue weighted by Crippen LogP contribution is 2.22. The number of rotatable bonds is 2. The number of primary sulfonamides is 1. The summed E-state index contributed by atoms with van der Waals surface area (Å²) in [4.78, 5) is 14.9. The fourth-order valence-electron chi connectivity index (χ4n) is 1.59. The zero-order valence-corrected chi connectivity index (χ0v) is 9.44. The Balaban J connectivity index is 2.98. The number of nitrogens with two attached hydrogens (primary N) is 2. The summed E-state index contributed by atoms with van der Waals surface area (Å²) in [6.45, 7) is 0. The Labute approximate surface area is 97.3 Å². The zero-order valence-electron chi connectivity index (χ0n) is 8.62. The molecule has 88 valence electrons. The molecule has 0 radical (unpaired) electrons. The first-order valence-corrected chi connectivity index (χ1v) is 6.16. The van der Waals surface area contributed by atoms with Crippen molar-refractivity contribution in [3.05, 3.63) is 36.0 Å². The highest BCUT2D eigenvalue weighted by atomic mass is 32.2. The molecule has 1 amide bonds. The minimum Gasteiger partial charge on any atom is -0.366 e. The van der Waals surface area contributed by atoms with E-state index in [4.69, 9.17) is 10.9 Å². The van der Waals surface area contributed by atoms with E-state index in [1.165, 1.54) is 0 Å². The summed E-state index contributed by atoms with van der Waals surface area (Å²) in [6.07, 6.45) is 1.04. The van der Waals surface area contributed by atoms with Gasteiger partial charge >= 0.3 is 0 Å². The number of benzene rings is 1. The van der Waals surface area contributed by atoms with E-state index in [0.717, 1.165) is 6.20 Å². The number of amides is 1. The standard InChI is InChI=1S/C10H9N3O3S/c11-10(14)9-6-3-1-2-4-7(6)13-5-8(9)17(12,15)16/h1-5H,(H2,11,14)(H2,12,15,16). The molecule has 0 saturated heterocycles. The number of nitrogens with zero attached hydrogens (tertiary/aromatic N) is 1. The molecule has 1 heterocycles. The number of para-hydroxylation sites is 1. The van der Waals surface area contributed by atoms with E-state index in [9.17, 15) is 13.2 Å². The van der Waals surface area contributed by atoms with Gasteiger partial charge in [-0.05, 0) is 6.07 Å². The maximum Gasteiger partial charge on any atom is 0.250 e. The highest BCUT2D eigenvalue weighted by molar-refractivity contribution is 7.89. The van der Waals surface area contributed by atoms with Crippen LogP contribution in [-0.4, -0.2) is 19.3 Å². The lowest BCUT2D eigenvalue weighted by Crippen LogP contribution is -2.21. The molecule has 0 saturated carbocycles. The van der Waals surface area contributed by atoms with Gasteiger partial charge in [0.25, 0.3) is 5.91 Å². The molecule has 1 aromatic carbocycles. The third-order valence-corrected chi connectivity index (χ3v) is 3.22. The molecule has 0 unspecified atom stereocenters. The summed E-state index contributed by atoms with van der Waals surface area (Å²) in [7, 11) is -4.03. The number of hydrogen-bond donors (Lipinski definition) is 2. The lowest BCUT2D eigenvalue weighted by Gasteiger charge is -2.07. The Kier molecular flexibility index (Phi) is 2.56. The molecule has 0 aliphatic carbocycles. The van der Waals surface area contributed by atoms with Crippen molar-refractivity contribution in [3.63, 3.8) is 0 Å². The molecule has 2 aromatic rings. The quantitative estimate of drug-likeness (QED) is 0.780. The van der Waals surface area contributed by atoms with Crippen LogP contribution in [0.2, 0.25) is 0 Å². The van der Waals surface area contributed by atoms with E-state index in [1.54, 1.807) is 24.3 Å². The van der Waals surface area contributed by atoms with Crippen molar-refractivity contribution in [1.82, 2.24) is 4.98 Å². The molecular weight excluding hydrogens is 242 g/mol. The van der Waals surface area contributed by atoms with Crippen LogP contribution in [0.4, 0.5) is 0 Å². The van der Waals surface area contributed by atoms with Crippen molar-refractivity contribution in [2.24, 2.45) is 10.9 Å². The maximum atomic E-state index is 11.4. The zero-order chi connectivity index (χ0) is 12.6. The largest absolute Gasteiger partial charge is 0.366 e. The van der Waals surface area contributed by atoms with Gasteiger partial charge in [-0.25, -0.2) is 13.6 Å². The minimum atomic E-state index is -4.03. The maximum absolute atomic E-state index is 11.4. The first-order valence-electron chi connectivity index (χ1n) is 4.61. The second-order valence-corrected chi connectivity index (χ2v) is 4.95. The summed E-state index contributed by atoms with van der Waals surface area (Å²) < 4.78 is 22.7. The molecule has 0 aliphatic rings. The van der Waals surface area contributed by atoms with Crippen LogP contribution in [0.5, 0.6) is 0 Å². The van der Waals surface area contributed by atoms with Gasteiger partial charge in [-0.2, -0.15) is 0 Å². The van der Waals surface area contributed by atoms with E-state index in [-0.39, 0.29) is 10.5 Å². The Morgan fingerprint density at radius 3 is 2.47 bits per heavy atom. The number of aromatic nitrogens is 1. The smallest absolute Gasteiger partial charge is 0.250 e. The molecule has 1 aromatic heterocycles. The number of pyridine rings is 1. The van der Waals surface area contributed by atoms with Gasteiger partial charge in [0.05, 0.1) is 11.1 Å². The van der Waals surface area contributed by atoms with Crippen molar-refractivity contribution in [2.75, 3.05) is 0 Å². The van der Waals surface area contributed by atoms with Crippen LogP contribution < -0.4 is 10.9 Å². The second-order valence-electron chi connectivity index (χ2n) is 3.42. The van der Waals surface area contributed by atoms with E-state index >= 15 is 0 Å². The second kappa shape index (κ2) is 3.79. The van der Waals surface area contributed by atoms with Crippen molar-refractivity contribution < 1.29 is 13.2 Å². The molecule has 0 bridgehead atoms. The molecule has 0 spiro atoms. The average Bonchev–Trinajstić information content (AvgIpc) is 2.26. The predicted molar refractivity (Wildman–Crippen MR) is 61.6 cm³/mol. The van der Waals surface area contributed by atoms with Gasteiger partial charge < -0.3 is 5.73 Å². The van der Waals surface area contributed by atoms with Crippen LogP contribution in [0, 0.1) is 0 Å². The van der Waals surface area contributed by atoms with Crippen LogP contribution >= 0.6 is 0 Å². The third kappa shape index (κ3) is 1.97. The summed E-state index contributed by atoms with van der Waals surface area (Å²) in [5, 5.41) is 5.38. The number of fused-ring (bicyclic) bond motifs is 1. The number of hydrogen-bond acceptors (Lipinski definition) is 4. The van der Waals surface area contributed by atoms with E-state index in [0.29, 0.717) is 10.9 Å². The van der Waals surface area contributed by atoms with Gasteiger partial charge in [0.15, 0.2) is 0 Å². The van der Waals surface area contributed by atoms with Gasteiger partial charge in [-0.1, -0.05) is 18.2 Å². The van der Waals surface area contributed by atoms with Crippen LogP contribution in [0.3, 0.4) is 0 Å².